The molecule has 4 heteroatoms. The van der Waals surface area contributed by atoms with E-state index in [2.05, 4.69) is 6.92 Å². The molecular weight excluding hydrogens is 260 g/mol. The third-order valence-electron chi connectivity index (χ3n) is 3.94. The fraction of sp³-hybridized carbons (Fsp3) is 0.533. The highest BCUT2D eigenvalue weighted by Crippen LogP contribution is 2.29. The van der Waals surface area contributed by atoms with Gasteiger partial charge in [-0.15, -0.1) is 0 Å². The largest absolute Gasteiger partial charge is 0.478 e. The zero-order chi connectivity index (χ0) is 14.0. The van der Waals surface area contributed by atoms with Gasteiger partial charge in [0.05, 0.1) is 16.4 Å². The molecular formula is C15H20O3S. The first-order valence-electron chi connectivity index (χ1n) is 6.73. The Kier molecular flexibility index (Phi) is 4.40. The summed E-state index contributed by atoms with van der Waals surface area (Å²) >= 11 is 0. The van der Waals surface area contributed by atoms with Crippen molar-refractivity contribution >= 4 is 16.8 Å². The summed E-state index contributed by atoms with van der Waals surface area (Å²) in [7, 11) is -1.08. The normalized spacial score (nSPS) is 24.9. The maximum atomic E-state index is 12.5. The lowest BCUT2D eigenvalue weighted by atomic mass is 9.91. The number of hydrogen-bond donors (Lipinski definition) is 1. The standard InChI is InChI=1S/C15H20O3S/c1-10-3-6-12(7-4-10)19(18)13-8-5-11(2)14(9-13)15(16)17/h5,8-10,12H,3-4,6-7H2,1-2H3,(H,16,17). The number of carboxylic acids is 1. The first-order valence-corrected chi connectivity index (χ1v) is 7.95. The van der Waals surface area contributed by atoms with Crippen molar-refractivity contribution in [1.29, 1.82) is 0 Å². The van der Waals surface area contributed by atoms with Gasteiger partial charge in [-0.3, -0.25) is 4.21 Å². The summed E-state index contributed by atoms with van der Waals surface area (Å²) in [5.74, 6) is -0.227. The van der Waals surface area contributed by atoms with E-state index in [0.717, 1.165) is 31.6 Å². The van der Waals surface area contributed by atoms with Gasteiger partial charge in [-0.05, 0) is 56.2 Å². The van der Waals surface area contributed by atoms with E-state index >= 15 is 0 Å². The topological polar surface area (TPSA) is 54.4 Å². The fourth-order valence-electron chi connectivity index (χ4n) is 2.59. The van der Waals surface area contributed by atoms with Gasteiger partial charge in [-0.1, -0.05) is 13.0 Å². The number of rotatable bonds is 3. The Morgan fingerprint density at radius 1 is 1.26 bits per heavy atom. The molecule has 0 aromatic heterocycles. The first-order chi connectivity index (χ1) is 8.99. The summed E-state index contributed by atoms with van der Waals surface area (Å²) in [5, 5.41) is 9.30. The van der Waals surface area contributed by atoms with Gasteiger partial charge < -0.3 is 5.11 Å². The molecule has 2 rings (SSSR count). The molecule has 0 radical (unpaired) electrons. The lowest BCUT2D eigenvalue weighted by molar-refractivity contribution is 0.0696. The molecule has 1 saturated carbocycles. The van der Waals surface area contributed by atoms with Crippen molar-refractivity contribution in [1.82, 2.24) is 0 Å². The second kappa shape index (κ2) is 5.87. The van der Waals surface area contributed by atoms with Crippen molar-refractivity contribution in [3.8, 4) is 0 Å². The van der Waals surface area contributed by atoms with Crippen LogP contribution in [0.2, 0.25) is 0 Å². The summed E-state index contributed by atoms with van der Waals surface area (Å²) in [6.07, 6.45) is 4.19. The zero-order valence-corrected chi connectivity index (χ0v) is 12.2. The lowest BCUT2D eigenvalue weighted by Gasteiger charge is -2.25. The van der Waals surface area contributed by atoms with E-state index in [0.29, 0.717) is 10.5 Å². The van der Waals surface area contributed by atoms with Crippen molar-refractivity contribution in [3.63, 3.8) is 0 Å². The number of hydrogen-bond acceptors (Lipinski definition) is 2. The summed E-state index contributed by atoms with van der Waals surface area (Å²) in [4.78, 5) is 11.8. The van der Waals surface area contributed by atoms with Crippen LogP contribution in [0.4, 0.5) is 0 Å². The van der Waals surface area contributed by atoms with Gasteiger partial charge >= 0.3 is 5.97 Å². The van der Waals surface area contributed by atoms with Crippen LogP contribution in [-0.2, 0) is 10.8 Å². The van der Waals surface area contributed by atoms with Crippen molar-refractivity contribution < 1.29 is 14.1 Å². The van der Waals surface area contributed by atoms with Crippen LogP contribution in [-0.4, -0.2) is 20.5 Å². The molecule has 0 aliphatic heterocycles. The van der Waals surface area contributed by atoms with Crippen molar-refractivity contribution in [2.75, 3.05) is 0 Å². The number of benzene rings is 1. The van der Waals surface area contributed by atoms with Gasteiger partial charge in [0, 0.05) is 10.1 Å². The third-order valence-corrected chi connectivity index (χ3v) is 5.73. The zero-order valence-electron chi connectivity index (χ0n) is 11.4. The molecule has 1 atom stereocenters. The molecule has 0 saturated heterocycles. The second-order valence-electron chi connectivity index (χ2n) is 5.46. The fourth-order valence-corrected chi connectivity index (χ4v) is 4.11. The average molecular weight is 280 g/mol. The van der Waals surface area contributed by atoms with Crippen LogP contribution < -0.4 is 0 Å². The Hall–Kier alpha value is -1.16. The van der Waals surface area contributed by atoms with Crippen LogP contribution in [0.1, 0.15) is 48.5 Å². The van der Waals surface area contributed by atoms with Crippen LogP contribution in [0.3, 0.4) is 0 Å². The monoisotopic (exact) mass is 280 g/mol. The maximum absolute atomic E-state index is 12.5. The second-order valence-corrected chi connectivity index (χ2v) is 7.19. The SMILES string of the molecule is Cc1ccc(S(=O)C2CCC(C)CC2)cc1C(=O)O. The van der Waals surface area contributed by atoms with Gasteiger partial charge in [-0.25, -0.2) is 4.79 Å². The Balaban J connectivity index is 2.20. The number of aromatic carboxylic acids is 1. The molecule has 104 valence electrons. The average Bonchev–Trinajstić information content (AvgIpc) is 2.39. The van der Waals surface area contributed by atoms with Crippen LogP contribution in [0.25, 0.3) is 0 Å². The van der Waals surface area contributed by atoms with Crippen molar-refractivity contribution in [3.05, 3.63) is 29.3 Å². The van der Waals surface area contributed by atoms with E-state index in [4.69, 9.17) is 5.11 Å². The first kappa shape index (κ1) is 14.3. The molecule has 1 fully saturated rings. The van der Waals surface area contributed by atoms with Gasteiger partial charge in [-0.2, -0.15) is 0 Å². The van der Waals surface area contributed by atoms with Crippen molar-refractivity contribution in [2.45, 2.75) is 49.7 Å². The minimum atomic E-state index is -1.08. The van der Waals surface area contributed by atoms with Gasteiger partial charge in [0.25, 0.3) is 0 Å². The Morgan fingerprint density at radius 3 is 2.47 bits per heavy atom. The Bertz CT molecular complexity index is 502. The summed E-state index contributed by atoms with van der Waals surface area (Å²) in [5.41, 5.74) is 0.973. The maximum Gasteiger partial charge on any atom is 0.335 e. The summed E-state index contributed by atoms with van der Waals surface area (Å²) < 4.78 is 12.5. The minimum Gasteiger partial charge on any atom is -0.478 e. The van der Waals surface area contributed by atoms with E-state index < -0.39 is 16.8 Å². The molecule has 0 spiro atoms. The summed E-state index contributed by atoms with van der Waals surface area (Å²) in [6, 6.07) is 5.13. The summed E-state index contributed by atoms with van der Waals surface area (Å²) in [6.45, 7) is 3.99. The molecule has 1 aliphatic carbocycles. The molecule has 1 aromatic rings. The quantitative estimate of drug-likeness (QED) is 0.923. The Labute approximate surface area is 116 Å². The van der Waals surface area contributed by atoms with E-state index in [-0.39, 0.29) is 10.8 Å². The smallest absolute Gasteiger partial charge is 0.335 e. The Morgan fingerprint density at radius 2 is 1.89 bits per heavy atom. The van der Waals surface area contributed by atoms with Crippen LogP contribution in [0, 0.1) is 12.8 Å². The lowest BCUT2D eigenvalue weighted by Crippen LogP contribution is -2.22. The number of carbonyl (C=O) groups is 1. The molecule has 1 unspecified atom stereocenters. The highest BCUT2D eigenvalue weighted by atomic mass is 32.2. The van der Waals surface area contributed by atoms with Gasteiger partial charge in [0.2, 0.25) is 0 Å². The van der Waals surface area contributed by atoms with E-state index in [1.54, 1.807) is 25.1 Å². The van der Waals surface area contributed by atoms with E-state index in [9.17, 15) is 9.00 Å². The van der Waals surface area contributed by atoms with E-state index in [1.807, 2.05) is 0 Å². The molecule has 1 N–H and O–H groups in total. The predicted octanol–water partition coefficient (Wildman–Crippen LogP) is 3.38. The van der Waals surface area contributed by atoms with Crippen LogP contribution in [0.5, 0.6) is 0 Å². The highest BCUT2D eigenvalue weighted by Gasteiger charge is 2.24. The molecule has 0 amide bonds. The number of carboxylic acid groups (broad SMARTS) is 1. The molecule has 0 bridgehead atoms. The third kappa shape index (κ3) is 3.24. The molecule has 3 nitrogen and oxygen atoms in total. The van der Waals surface area contributed by atoms with Crippen LogP contribution >= 0.6 is 0 Å². The minimum absolute atomic E-state index is 0.181. The predicted molar refractivity (Wildman–Crippen MR) is 76.0 cm³/mol. The molecule has 1 aliphatic rings. The number of aryl methyl sites for hydroxylation is 1. The van der Waals surface area contributed by atoms with Gasteiger partial charge in [0.1, 0.15) is 0 Å². The highest BCUT2D eigenvalue weighted by molar-refractivity contribution is 7.85. The van der Waals surface area contributed by atoms with E-state index in [1.165, 1.54) is 0 Å². The molecule has 19 heavy (non-hydrogen) atoms. The molecule has 0 heterocycles. The van der Waals surface area contributed by atoms with Gasteiger partial charge in [0.15, 0.2) is 0 Å². The van der Waals surface area contributed by atoms with Crippen molar-refractivity contribution in [2.24, 2.45) is 5.92 Å². The van der Waals surface area contributed by atoms with Crippen LogP contribution in [0.15, 0.2) is 23.1 Å². The molecule has 1 aromatic carbocycles.